The molecule has 0 bridgehead atoms. The van der Waals surface area contributed by atoms with Crippen molar-refractivity contribution in [2.45, 2.75) is 41.8 Å². The summed E-state index contributed by atoms with van der Waals surface area (Å²) in [5.41, 5.74) is 2.07. The minimum Gasteiger partial charge on any atom is -0.465 e. The van der Waals surface area contributed by atoms with Crippen molar-refractivity contribution in [2.24, 2.45) is 5.92 Å². The lowest BCUT2D eigenvalue weighted by molar-refractivity contribution is -0.134. The first-order chi connectivity index (χ1) is 17.3. The number of carboxylic acid groups (broad SMARTS) is 1. The van der Waals surface area contributed by atoms with Crippen LogP contribution in [0.2, 0.25) is 5.02 Å². The number of hydrogen-bond acceptors (Lipinski definition) is 8. The number of nitrogens with one attached hydrogen (secondary N) is 3. The topological polar surface area (TPSA) is 153 Å². The average molecular weight is 547 g/mol. The van der Waals surface area contributed by atoms with E-state index in [1.807, 2.05) is 22.8 Å². The third-order valence-electron chi connectivity index (χ3n) is 6.03. The van der Waals surface area contributed by atoms with E-state index in [0.717, 1.165) is 27.4 Å². The molecular formula is C22H23ClN8O3S2. The van der Waals surface area contributed by atoms with Gasteiger partial charge in [0.2, 0.25) is 5.91 Å². The number of H-pyrrole nitrogens is 1. The summed E-state index contributed by atoms with van der Waals surface area (Å²) in [6.45, 7) is 3.23. The highest BCUT2D eigenvalue weighted by atomic mass is 35.5. The molecule has 0 radical (unpaired) electrons. The molecule has 0 saturated carbocycles. The number of carbonyl (C=O) groups is 2. The third kappa shape index (κ3) is 5.04. The van der Waals surface area contributed by atoms with Gasteiger partial charge in [-0.1, -0.05) is 17.7 Å². The van der Waals surface area contributed by atoms with Gasteiger partial charge >= 0.3 is 6.09 Å². The van der Waals surface area contributed by atoms with Crippen LogP contribution in [0.25, 0.3) is 21.4 Å². The number of fused-ring (bicyclic) bond motifs is 2. The van der Waals surface area contributed by atoms with Crippen LogP contribution in [-0.4, -0.2) is 65.6 Å². The van der Waals surface area contributed by atoms with Gasteiger partial charge in [-0.3, -0.25) is 10.2 Å². The van der Waals surface area contributed by atoms with E-state index in [9.17, 15) is 9.59 Å². The van der Waals surface area contributed by atoms with Gasteiger partial charge in [0.1, 0.15) is 11.6 Å². The molecule has 14 heteroatoms. The van der Waals surface area contributed by atoms with Gasteiger partial charge in [-0.2, -0.15) is 0 Å². The smallest absolute Gasteiger partial charge is 0.405 e. The van der Waals surface area contributed by atoms with Crippen molar-refractivity contribution in [3.05, 3.63) is 35.0 Å². The molecule has 1 aliphatic rings. The third-order valence-corrected chi connectivity index (χ3v) is 8.50. The lowest BCUT2D eigenvalue weighted by atomic mass is 9.97. The number of aromatic amines is 1. The zero-order valence-corrected chi connectivity index (χ0v) is 21.6. The maximum absolute atomic E-state index is 12.7. The minimum atomic E-state index is -1.22. The van der Waals surface area contributed by atoms with E-state index in [2.05, 4.69) is 20.3 Å². The number of thiazole rings is 1. The molecule has 1 fully saturated rings. The van der Waals surface area contributed by atoms with Crippen LogP contribution in [0.3, 0.4) is 0 Å². The second-order valence-corrected chi connectivity index (χ2v) is 11.3. The molecule has 3 aromatic heterocycles. The van der Waals surface area contributed by atoms with E-state index in [-0.39, 0.29) is 17.3 Å². The first kappa shape index (κ1) is 24.5. The monoisotopic (exact) mass is 546 g/mol. The SMILES string of the molecule is C[C@H](NC(=O)O)C(=O)N1CCCC(Cn2cnc(=N)c3[nH]c(Sc4nc5cccc(Cl)c5s4)nc32)C1. The van der Waals surface area contributed by atoms with Crippen molar-refractivity contribution in [3.63, 3.8) is 0 Å². The van der Waals surface area contributed by atoms with Crippen LogP contribution < -0.4 is 10.8 Å². The van der Waals surface area contributed by atoms with Crippen molar-refractivity contribution in [1.82, 2.24) is 34.7 Å². The summed E-state index contributed by atoms with van der Waals surface area (Å²) < 4.78 is 3.61. The number of piperidine rings is 1. The fraction of sp³-hybridized carbons (Fsp3) is 0.364. The summed E-state index contributed by atoms with van der Waals surface area (Å²) >= 11 is 9.15. The number of benzene rings is 1. The number of amides is 2. The molecule has 11 nitrogen and oxygen atoms in total. The quantitative estimate of drug-likeness (QED) is 0.288. The lowest BCUT2D eigenvalue weighted by Crippen LogP contribution is -2.50. The number of nitrogens with zero attached hydrogens (tertiary/aromatic N) is 5. The van der Waals surface area contributed by atoms with Crippen molar-refractivity contribution in [3.8, 4) is 0 Å². The molecule has 5 rings (SSSR count). The van der Waals surface area contributed by atoms with E-state index < -0.39 is 12.1 Å². The van der Waals surface area contributed by atoms with Crippen LogP contribution in [0.15, 0.2) is 34.0 Å². The Morgan fingerprint density at radius 2 is 2.25 bits per heavy atom. The van der Waals surface area contributed by atoms with Gasteiger partial charge in [0.05, 0.1) is 21.6 Å². The highest BCUT2D eigenvalue weighted by Crippen LogP contribution is 2.36. The first-order valence-electron chi connectivity index (χ1n) is 11.3. The van der Waals surface area contributed by atoms with E-state index in [1.54, 1.807) is 18.2 Å². The molecule has 4 N–H and O–H groups in total. The zero-order valence-electron chi connectivity index (χ0n) is 19.2. The molecular weight excluding hydrogens is 524 g/mol. The lowest BCUT2D eigenvalue weighted by Gasteiger charge is -2.34. The Kier molecular flexibility index (Phi) is 6.86. The van der Waals surface area contributed by atoms with Crippen LogP contribution in [0.1, 0.15) is 19.8 Å². The molecule has 4 aromatic rings. The molecule has 0 spiro atoms. The molecule has 1 aromatic carbocycles. The summed E-state index contributed by atoms with van der Waals surface area (Å²) in [6, 6.07) is 4.82. The predicted octanol–water partition coefficient (Wildman–Crippen LogP) is 3.55. The number of aromatic nitrogens is 5. The van der Waals surface area contributed by atoms with E-state index in [1.165, 1.54) is 23.1 Å². The Balaban J connectivity index is 1.35. The highest BCUT2D eigenvalue weighted by molar-refractivity contribution is 8.01. The standard InChI is InChI=1S/C22H23ClN8O3S2/c1-11(26-21(33)34)19(32)30-7-3-4-12(8-30)9-31-10-25-17(24)15-18(31)29-20(28-15)36-22-27-14-6-2-5-13(23)16(14)35-22/h2,5-6,10-12,24,26H,3-4,7-9H2,1H3,(H,28,29)(H,33,34)/t11-,12?/m0/s1. The van der Waals surface area contributed by atoms with E-state index in [4.69, 9.17) is 27.1 Å². The van der Waals surface area contributed by atoms with Crippen LogP contribution in [0.4, 0.5) is 4.79 Å². The number of likely N-dealkylation sites (tertiary alicyclic amines) is 1. The Morgan fingerprint density at radius 3 is 3.03 bits per heavy atom. The van der Waals surface area contributed by atoms with Gasteiger partial charge in [0.25, 0.3) is 0 Å². The Bertz CT molecular complexity index is 1520. The first-order valence-corrected chi connectivity index (χ1v) is 13.3. The Labute approximate surface area is 218 Å². The number of carbonyl (C=O) groups excluding carboxylic acids is 1. The summed E-state index contributed by atoms with van der Waals surface area (Å²) in [4.78, 5) is 42.1. The Hall–Kier alpha value is -3.16. The van der Waals surface area contributed by atoms with E-state index in [0.29, 0.717) is 41.0 Å². The second kappa shape index (κ2) is 10.1. The molecule has 0 aliphatic carbocycles. The maximum Gasteiger partial charge on any atom is 0.405 e. The molecule has 188 valence electrons. The van der Waals surface area contributed by atoms with Crippen LogP contribution in [0.5, 0.6) is 0 Å². The number of rotatable bonds is 6. The summed E-state index contributed by atoms with van der Waals surface area (Å²) in [7, 11) is 0. The van der Waals surface area contributed by atoms with Crippen LogP contribution in [0, 0.1) is 11.3 Å². The molecule has 4 heterocycles. The van der Waals surface area contributed by atoms with E-state index >= 15 is 0 Å². The van der Waals surface area contributed by atoms with Gasteiger partial charge in [-0.05, 0) is 49.6 Å². The summed E-state index contributed by atoms with van der Waals surface area (Å²) in [5, 5.41) is 20.6. The summed E-state index contributed by atoms with van der Waals surface area (Å²) in [6.07, 6.45) is 2.13. The maximum atomic E-state index is 12.7. The molecule has 1 unspecified atom stereocenters. The highest BCUT2D eigenvalue weighted by Gasteiger charge is 2.28. The predicted molar refractivity (Wildman–Crippen MR) is 136 cm³/mol. The van der Waals surface area contributed by atoms with Crippen LogP contribution >= 0.6 is 34.7 Å². The molecule has 2 amide bonds. The average Bonchev–Trinajstić information content (AvgIpc) is 3.46. The van der Waals surface area contributed by atoms with Crippen molar-refractivity contribution < 1.29 is 14.7 Å². The van der Waals surface area contributed by atoms with Crippen molar-refractivity contribution in [2.75, 3.05) is 13.1 Å². The van der Waals surface area contributed by atoms with Crippen molar-refractivity contribution >= 4 is 68.1 Å². The van der Waals surface area contributed by atoms with Gasteiger partial charge < -0.3 is 24.9 Å². The molecule has 2 atom stereocenters. The van der Waals surface area contributed by atoms with Gasteiger partial charge in [0.15, 0.2) is 20.6 Å². The van der Waals surface area contributed by atoms with Gasteiger partial charge in [0, 0.05) is 19.6 Å². The molecule has 1 saturated heterocycles. The normalized spacial score (nSPS) is 16.9. The summed E-state index contributed by atoms with van der Waals surface area (Å²) in [5.74, 6) is -0.0863. The number of imidazole rings is 1. The molecule has 36 heavy (non-hydrogen) atoms. The van der Waals surface area contributed by atoms with Gasteiger partial charge in [-0.25, -0.2) is 19.7 Å². The minimum absolute atomic E-state index is 0.0990. The second-order valence-electron chi connectivity index (χ2n) is 8.62. The fourth-order valence-corrected chi connectivity index (χ4v) is 6.61. The van der Waals surface area contributed by atoms with Crippen molar-refractivity contribution in [1.29, 1.82) is 5.41 Å². The Morgan fingerprint density at radius 1 is 1.42 bits per heavy atom. The number of halogens is 1. The van der Waals surface area contributed by atoms with Gasteiger partial charge in [-0.15, -0.1) is 11.3 Å². The van der Waals surface area contributed by atoms with Crippen LogP contribution in [-0.2, 0) is 11.3 Å². The molecule has 1 aliphatic heterocycles. The zero-order chi connectivity index (χ0) is 25.4. The largest absolute Gasteiger partial charge is 0.465 e. The fourth-order valence-electron chi connectivity index (χ4n) is 4.38. The number of hydrogen-bond donors (Lipinski definition) is 4.